The van der Waals surface area contributed by atoms with E-state index in [2.05, 4.69) is 9.97 Å². The van der Waals surface area contributed by atoms with E-state index >= 15 is 0 Å². The van der Waals surface area contributed by atoms with E-state index in [9.17, 15) is 20.1 Å². The van der Waals surface area contributed by atoms with E-state index in [-0.39, 0.29) is 17.1 Å². The van der Waals surface area contributed by atoms with Crippen molar-refractivity contribution in [1.29, 1.82) is 0 Å². The van der Waals surface area contributed by atoms with Gasteiger partial charge in [-0.05, 0) is 40.4 Å². The number of H-pyrrole nitrogens is 1. The Labute approximate surface area is 158 Å². The SMILES string of the molecule is O=C(O)c1cc(O)c2c(ccc3[nH]c(-c4c(O)ccc5ccccc45)nc32)c1. The van der Waals surface area contributed by atoms with Crippen LogP contribution in [0.25, 0.3) is 44.0 Å². The lowest BCUT2D eigenvalue weighted by Crippen LogP contribution is -1.95. The lowest BCUT2D eigenvalue weighted by molar-refractivity contribution is 0.0696. The number of aromatic carboxylic acids is 1. The van der Waals surface area contributed by atoms with Gasteiger partial charge in [0.2, 0.25) is 0 Å². The summed E-state index contributed by atoms with van der Waals surface area (Å²) in [4.78, 5) is 19.1. The number of nitrogens with one attached hydrogen (secondary N) is 1. The predicted molar refractivity (Wildman–Crippen MR) is 107 cm³/mol. The summed E-state index contributed by atoms with van der Waals surface area (Å²) in [6, 6.07) is 17.4. The maximum atomic E-state index is 11.3. The van der Waals surface area contributed by atoms with E-state index in [0.717, 1.165) is 10.8 Å². The summed E-state index contributed by atoms with van der Waals surface area (Å²) in [6.07, 6.45) is 0. The molecule has 0 radical (unpaired) electrons. The molecule has 4 N–H and O–H groups in total. The maximum absolute atomic E-state index is 11.3. The van der Waals surface area contributed by atoms with Crippen molar-refractivity contribution >= 4 is 38.5 Å². The Morgan fingerprint density at radius 1 is 0.893 bits per heavy atom. The number of hydrogen-bond acceptors (Lipinski definition) is 4. The average Bonchev–Trinajstić information content (AvgIpc) is 3.11. The van der Waals surface area contributed by atoms with E-state index < -0.39 is 5.97 Å². The summed E-state index contributed by atoms with van der Waals surface area (Å²) < 4.78 is 0. The smallest absolute Gasteiger partial charge is 0.335 e. The van der Waals surface area contributed by atoms with Gasteiger partial charge in [0.1, 0.15) is 22.8 Å². The number of aromatic amines is 1. The third-order valence-electron chi connectivity index (χ3n) is 4.94. The number of rotatable bonds is 2. The van der Waals surface area contributed by atoms with E-state index in [1.807, 2.05) is 30.3 Å². The second-order valence-electron chi connectivity index (χ2n) is 6.63. The number of imidazole rings is 1. The van der Waals surface area contributed by atoms with Gasteiger partial charge in [-0.2, -0.15) is 0 Å². The second kappa shape index (κ2) is 5.72. The van der Waals surface area contributed by atoms with Crippen molar-refractivity contribution in [2.75, 3.05) is 0 Å². The van der Waals surface area contributed by atoms with E-state index in [0.29, 0.717) is 33.2 Å². The van der Waals surface area contributed by atoms with Crippen LogP contribution in [0.5, 0.6) is 11.5 Å². The van der Waals surface area contributed by atoms with Gasteiger partial charge in [0, 0.05) is 0 Å². The van der Waals surface area contributed by atoms with Crippen molar-refractivity contribution in [2.24, 2.45) is 0 Å². The minimum absolute atomic E-state index is 0.00630. The van der Waals surface area contributed by atoms with Crippen LogP contribution in [0, 0.1) is 0 Å². The van der Waals surface area contributed by atoms with Crippen LogP contribution in [0.4, 0.5) is 0 Å². The van der Waals surface area contributed by atoms with Crippen LogP contribution < -0.4 is 0 Å². The van der Waals surface area contributed by atoms with Crippen LogP contribution in [-0.4, -0.2) is 31.3 Å². The summed E-state index contributed by atoms with van der Waals surface area (Å²) in [5.74, 6) is -0.695. The lowest BCUT2D eigenvalue weighted by atomic mass is 10.0. The van der Waals surface area contributed by atoms with Gasteiger partial charge in [0.25, 0.3) is 0 Å². The molecule has 5 rings (SSSR count). The number of aromatic hydroxyl groups is 2. The number of benzene rings is 4. The zero-order valence-electron chi connectivity index (χ0n) is 14.5. The molecule has 6 heteroatoms. The molecule has 4 aromatic carbocycles. The number of aromatic nitrogens is 2. The Balaban J connectivity index is 1.83. The molecule has 0 saturated heterocycles. The van der Waals surface area contributed by atoms with Crippen LogP contribution in [0.1, 0.15) is 10.4 Å². The highest BCUT2D eigenvalue weighted by Crippen LogP contribution is 2.38. The number of fused-ring (bicyclic) bond motifs is 4. The maximum Gasteiger partial charge on any atom is 0.335 e. The number of carbonyl (C=O) groups is 1. The van der Waals surface area contributed by atoms with Crippen LogP contribution in [0.2, 0.25) is 0 Å². The van der Waals surface area contributed by atoms with Crippen molar-refractivity contribution in [3.05, 3.63) is 66.2 Å². The van der Waals surface area contributed by atoms with Gasteiger partial charge in [-0.25, -0.2) is 9.78 Å². The normalized spacial score (nSPS) is 11.4. The molecule has 0 spiro atoms. The van der Waals surface area contributed by atoms with E-state index in [1.165, 1.54) is 12.1 Å². The first kappa shape index (κ1) is 16.1. The Morgan fingerprint density at radius 2 is 1.68 bits per heavy atom. The molecule has 0 amide bonds. The Hall–Kier alpha value is -4.06. The fraction of sp³-hybridized carbons (Fsp3) is 0. The van der Waals surface area contributed by atoms with Crippen molar-refractivity contribution in [3.63, 3.8) is 0 Å². The third-order valence-corrected chi connectivity index (χ3v) is 4.94. The lowest BCUT2D eigenvalue weighted by Gasteiger charge is -2.06. The number of phenolic OH excluding ortho intramolecular Hbond substituents is 2. The molecule has 136 valence electrons. The topological polar surface area (TPSA) is 106 Å². The van der Waals surface area contributed by atoms with Crippen molar-refractivity contribution in [1.82, 2.24) is 9.97 Å². The van der Waals surface area contributed by atoms with Crippen molar-refractivity contribution in [3.8, 4) is 22.9 Å². The molecule has 0 atom stereocenters. The molecular formula is C22H14N2O4. The zero-order chi connectivity index (χ0) is 19.4. The molecule has 0 unspecified atom stereocenters. The first-order chi connectivity index (χ1) is 13.5. The van der Waals surface area contributed by atoms with Gasteiger partial charge in [0.15, 0.2) is 0 Å². The summed E-state index contributed by atoms with van der Waals surface area (Å²) >= 11 is 0. The summed E-state index contributed by atoms with van der Waals surface area (Å²) in [6.45, 7) is 0. The molecule has 1 heterocycles. The molecule has 0 bridgehead atoms. The molecule has 6 nitrogen and oxygen atoms in total. The summed E-state index contributed by atoms with van der Waals surface area (Å²) in [5.41, 5.74) is 1.76. The molecular weight excluding hydrogens is 356 g/mol. The number of hydrogen-bond donors (Lipinski definition) is 4. The van der Waals surface area contributed by atoms with Gasteiger partial charge in [-0.1, -0.05) is 36.4 Å². The fourth-order valence-corrected chi connectivity index (χ4v) is 3.66. The number of nitrogens with zero attached hydrogens (tertiary/aromatic N) is 1. The molecule has 0 saturated carbocycles. The number of carboxylic acid groups (broad SMARTS) is 1. The predicted octanol–water partition coefficient (Wildman–Crippen LogP) is 4.65. The monoisotopic (exact) mass is 370 g/mol. The summed E-state index contributed by atoms with van der Waals surface area (Å²) in [5, 5.41) is 33.0. The van der Waals surface area contributed by atoms with Gasteiger partial charge >= 0.3 is 5.97 Å². The minimum atomic E-state index is -1.11. The average molecular weight is 370 g/mol. The van der Waals surface area contributed by atoms with Crippen LogP contribution in [0.3, 0.4) is 0 Å². The molecule has 0 fully saturated rings. The summed E-state index contributed by atoms with van der Waals surface area (Å²) in [7, 11) is 0. The molecule has 0 aliphatic carbocycles. The standard InChI is InChI=1S/C22H14N2O4/c25-16-8-6-11-3-1-2-4-14(11)19(16)21-23-15-7-5-12-9-13(22(27)28)10-17(26)18(12)20(15)24-21/h1-10,25-26H,(H,23,24)(H,27,28). The Kier molecular flexibility index (Phi) is 3.30. The molecule has 5 aromatic rings. The van der Waals surface area contributed by atoms with Gasteiger partial charge in [0.05, 0.1) is 22.0 Å². The molecule has 0 aliphatic rings. The highest BCUT2D eigenvalue weighted by molar-refractivity contribution is 6.11. The number of carboxylic acids is 1. The van der Waals surface area contributed by atoms with Gasteiger partial charge in [-0.15, -0.1) is 0 Å². The third kappa shape index (κ3) is 2.28. The zero-order valence-corrected chi connectivity index (χ0v) is 14.5. The molecule has 28 heavy (non-hydrogen) atoms. The number of phenols is 2. The quantitative estimate of drug-likeness (QED) is 0.362. The minimum Gasteiger partial charge on any atom is -0.507 e. The fourth-order valence-electron chi connectivity index (χ4n) is 3.66. The van der Waals surface area contributed by atoms with Crippen molar-refractivity contribution < 1.29 is 20.1 Å². The Morgan fingerprint density at radius 3 is 2.50 bits per heavy atom. The first-order valence-corrected chi connectivity index (χ1v) is 8.63. The van der Waals surface area contributed by atoms with Crippen molar-refractivity contribution in [2.45, 2.75) is 0 Å². The largest absolute Gasteiger partial charge is 0.507 e. The van der Waals surface area contributed by atoms with Gasteiger partial charge in [-0.3, -0.25) is 0 Å². The Bertz CT molecular complexity index is 1420. The first-order valence-electron chi connectivity index (χ1n) is 8.63. The van der Waals surface area contributed by atoms with Gasteiger partial charge < -0.3 is 20.3 Å². The van der Waals surface area contributed by atoms with E-state index in [1.54, 1.807) is 18.2 Å². The van der Waals surface area contributed by atoms with E-state index in [4.69, 9.17) is 0 Å². The van der Waals surface area contributed by atoms with Crippen LogP contribution in [-0.2, 0) is 0 Å². The highest BCUT2D eigenvalue weighted by atomic mass is 16.4. The van der Waals surface area contributed by atoms with Crippen LogP contribution in [0.15, 0.2) is 60.7 Å². The van der Waals surface area contributed by atoms with Crippen LogP contribution >= 0.6 is 0 Å². The highest BCUT2D eigenvalue weighted by Gasteiger charge is 2.17. The second-order valence-corrected chi connectivity index (χ2v) is 6.63. The molecule has 1 aromatic heterocycles. The molecule has 0 aliphatic heterocycles.